The number of fused-ring (bicyclic) bond motifs is 3. The minimum Gasteiger partial charge on any atom is -0.481 e. The van der Waals surface area contributed by atoms with Gasteiger partial charge in [-0.3, -0.25) is 48.0 Å². The zero-order valence-electron chi connectivity index (χ0n) is 49.0. The van der Waals surface area contributed by atoms with Gasteiger partial charge in [-0.2, -0.15) is 0 Å². The molecule has 9 atom stereocenters. The zero-order valence-corrected chi connectivity index (χ0v) is 53.6. The third-order valence-electron chi connectivity index (χ3n) is 17.4. The lowest BCUT2D eigenvalue weighted by molar-refractivity contribution is -0.138. The Bertz CT molecular complexity index is 2750. The van der Waals surface area contributed by atoms with Gasteiger partial charge >= 0.3 is 5.97 Å². The van der Waals surface area contributed by atoms with Crippen LogP contribution in [0.1, 0.15) is 158 Å². The first-order chi connectivity index (χ1) is 39.8. The van der Waals surface area contributed by atoms with Crippen molar-refractivity contribution in [3.8, 4) is 0 Å². The van der Waals surface area contributed by atoms with Gasteiger partial charge in [-0.1, -0.05) is 136 Å². The fourth-order valence-electron chi connectivity index (χ4n) is 12.7. The van der Waals surface area contributed by atoms with Crippen LogP contribution in [0.4, 0.5) is 22.7 Å². The van der Waals surface area contributed by atoms with Crippen LogP contribution >= 0.6 is 37.6 Å². The number of para-hydroxylation sites is 4. The van der Waals surface area contributed by atoms with Gasteiger partial charge in [-0.25, -0.2) is 0 Å². The molecule has 0 spiro atoms. The van der Waals surface area contributed by atoms with Crippen LogP contribution in [-0.4, -0.2) is 127 Å². The van der Waals surface area contributed by atoms with Crippen LogP contribution in [0.2, 0.25) is 0 Å². The number of anilines is 1. The van der Waals surface area contributed by atoms with Crippen molar-refractivity contribution in [3.63, 3.8) is 0 Å². The standard InChI is InChI=1S/C16H20N2O.C14H21N2OP.2C14H19N2P.C7H14NO2P/c1-12(19)18-9-5-4-7-15(18)11-14-10-13-6-2-3-8-16(13)17-14;1-11-6-2-3-8-13(11)15-14(17)10-12-7-4-5-9-16(12)18;2*17-16-8-4-3-6-13(16)10-12-9-11-5-1-2-7-14(11)15-12;9-7(10)5-6-3-1-2-4-8(6)11/h2-3,6,8,15H,4-5,7,9-11H2,1H3;2-3,6,8,12H,4-5,7,9-10,18H2,1H3,(H,15,17);2*1-2,5,7,13H,3-4,6,8-10,17H2;6H,1-5,11H2,(H,9,10). The number of aliphatic carboxylic acids is 1. The molecule has 13 nitrogen and oxygen atoms in total. The number of aliphatic imine (C=N–C) groups is 3. The van der Waals surface area contributed by atoms with Crippen LogP contribution < -0.4 is 5.32 Å². The number of hydrogen-bond donors (Lipinski definition) is 2. The molecule has 2 N–H and O–H groups in total. The molecule has 8 heterocycles. The van der Waals surface area contributed by atoms with Gasteiger partial charge in [0.25, 0.3) is 0 Å². The summed E-state index contributed by atoms with van der Waals surface area (Å²) in [6.45, 7) is 9.14. The lowest BCUT2D eigenvalue weighted by atomic mass is 9.95. The lowest BCUT2D eigenvalue weighted by Crippen LogP contribution is -2.43. The molecular weight excluding hydrogens is 1090 g/mol. The normalized spacial score (nSPS) is 23.4. The average Bonchev–Trinajstić information content (AvgIpc) is 4.22. The molecule has 9 unspecified atom stereocenters. The molecule has 0 saturated carbocycles. The number of benzene rings is 4. The molecule has 12 rings (SSSR count). The van der Waals surface area contributed by atoms with Gasteiger partial charge in [-0.05, 0) is 124 Å². The number of carbonyl (C=O) groups excluding carboxylic acids is 2. The van der Waals surface area contributed by atoms with Crippen LogP contribution in [0.25, 0.3) is 0 Å². The summed E-state index contributed by atoms with van der Waals surface area (Å²) in [5.41, 5.74) is 13.6. The quantitative estimate of drug-likeness (QED) is 0.142. The number of piperidine rings is 5. The highest BCUT2D eigenvalue weighted by Crippen LogP contribution is 2.34. The van der Waals surface area contributed by atoms with Gasteiger partial charge in [0.1, 0.15) is 0 Å². The number of hydrogen-bond acceptors (Lipinski definition) is 10. The second-order valence-electron chi connectivity index (χ2n) is 23.6. The van der Waals surface area contributed by atoms with Crippen molar-refractivity contribution in [1.82, 2.24) is 23.6 Å². The fraction of sp³-hybridized carbons (Fsp3) is 0.538. The molecule has 82 heavy (non-hydrogen) atoms. The summed E-state index contributed by atoms with van der Waals surface area (Å²) in [5.74, 6) is -0.367. The lowest BCUT2D eigenvalue weighted by Gasteiger charge is -2.35. The molecule has 0 aliphatic carbocycles. The average molecular weight is 1190 g/mol. The monoisotopic (exact) mass is 1190 g/mol. The van der Waals surface area contributed by atoms with E-state index in [-0.39, 0.29) is 24.3 Å². The first-order valence-electron chi connectivity index (χ1n) is 30.6. The van der Waals surface area contributed by atoms with Crippen LogP contribution in [0.15, 0.2) is 112 Å². The Morgan fingerprint density at radius 3 is 1.22 bits per heavy atom. The summed E-state index contributed by atoms with van der Waals surface area (Å²) in [4.78, 5) is 50.4. The first kappa shape index (κ1) is 63.9. The highest BCUT2D eigenvalue weighted by molar-refractivity contribution is 7.13. The minimum absolute atomic E-state index is 0.114. The molecule has 5 fully saturated rings. The number of aryl methyl sites for hydroxylation is 1. The highest BCUT2D eigenvalue weighted by Gasteiger charge is 2.29. The summed E-state index contributed by atoms with van der Waals surface area (Å²) in [6, 6.07) is 35.6. The topological polar surface area (TPSA) is 137 Å². The van der Waals surface area contributed by atoms with Crippen molar-refractivity contribution in [2.45, 2.75) is 192 Å². The number of rotatable bonds is 11. The number of carbonyl (C=O) groups is 3. The summed E-state index contributed by atoms with van der Waals surface area (Å²) in [5, 5.41) is 11.6. The van der Waals surface area contributed by atoms with Crippen molar-refractivity contribution >= 4 is 95.2 Å². The zero-order chi connectivity index (χ0) is 57.8. The number of carboxylic acid groups (broad SMARTS) is 1. The molecule has 8 aliphatic rings. The van der Waals surface area contributed by atoms with E-state index in [2.05, 4.69) is 128 Å². The molecule has 0 bridgehead atoms. The molecule has 0 radical (unpaired) electrons. The van der Waals surface area contributed by atoms with Gasteiger partial charge in [-0.15, -0.1) is 0 Å². The Kier molecular flexibility index (Phi) is 25.7. The van der Waals surface area contributed by atoms with E-state index >= 15 is 0 Å². The van der Waals surface area contributed by atoms with E-state index in [9.17, 15) is 14.4 Å². The first-order valence-corrected chi connectivity index (χ1v) is 32.7. The molecule has 442 valence electrons. The smallest absolute Gasteiger partial charge is 0.304 e. The Morgan fingerprint density at radius 2 is 0.829 bits per heavy atom. The van der Waals surface area contributed by atoms with Gasteiger partial charge in [0.15, 0.2) is 0 Å². The maximum absolute atomic E-state index is 12.0. The van der Waals surface area contributed by atoms with E-state index in [4.69, 9.17) is 20.1 Å². The summed E-state index contributed by atoms with van der Waals surface area (Å²) >= 11 is 0. The van der Waals surface area contributed by atoms with E-state index in [1.165, 1.54) is 129 Å². The van der Waals surface area contributed by atoms with E-state index in [1.54, 1.807) is 6.92 Å². The number of carboxylic acids is 1. The Balaban J connectivity index is 0.000000135. The second kappa shape index (κ2) is 33.0. The van der Waals surface area contributed by atoms with Crippen molar-refractivity contribution in [2.24, 2.45) is 15.0 Å². The maximum Gasteiger partial charge on any atom is 0.304 e. The Morgan fingerprint density at radius 1 is 0.476 bits per heavy atom. The van der Waals surface area contributed by atoms with Crippen molar-refractivity contribution in [3.05, 3.63) is 119 Å². The largest absolute Gasteiger partial charge is 0.481 e. The molecule has 5 saturated heterocycles. The molecule has 8 aliphatic heterocycles. The molecule has 2 amide bonds. The number of nitrogens with one attached hydrogen (secondary N) is 1. The summed E-state index contributed by atoms with van der Waals surface area (Å²) < 4.78 is 9.14. The minimum atomic E-state index is -0.690. The van der Waals surface area contributed by atoms with Crippen molar-refractivity contribution < 1.29 is 19.5 Å². The molecule has 4 aromatic carbocycles. The summed E-state index contributed by atoms with van der Waals surface area (Å²) in [6.07, 6.45) is 25.7. The number of nitrogens with zero attached hydrogens (tertiary/aromatic N) is 8. The van der Waals surface area contributed by atoms with Crippen LogP contribution in [-0.2, 0) is 33.6 Å². The Labute approximate surface area is 499 Å². The van der Waals surface area contributed by atoms with E-state index in [0.29, 0.717) is 30.6 Å². The van der Waals surface area contributed by atoms with Gasteiger partial charge in [0, 0.05) is 138 Å². The van der Waals surface area contributed by atoms with Crippen LogP contribution in [0.5, 0.6) is 0 Å². The van der Waals surface area contributed by atoms with Crippen molar-refractivity contribution in [2.75, 3.05) is 38.0 Å². The molecular formula is C65H93N9O4P4. The third kappa shape index (κ3) is 19.7. The predicted octanol–water partition coefficient (Wildman–Crippen LogP) is 13.9. The van der Waals surface area contributed by atoms with Crippen LogP contribution in [0.3, 0.4) is 0 Å². The van der Waals surface area contributed by atoms with Gasteiger partial charge < -0.3 is 15.3 Å². The van der Waals surface area contributed by atoms with Crippen LogP contribution in [0, 0.1) is 6.92 Å². The Hall–Kier alpha value is -4.14. The second-order valence-corrected chi connectivity index (χ2v) is 26.3. The predicted molar refractivity (Wildman–Crippen MR) is 353 cm³/mol. The molecule has 4 aromatic rings. The molecule has 0 aromatic heterocycles. The van der Waals surface area contributed by atoms with Gasteiger partial charge in [0.2, 0.25) is 11.8 Å². The fourth-order valence-corrected chi connectivity index (χ4v) is 14.4. The maximum atomic E-state index is 12.0. The SMILES string of the molecule is CC(=O)N1CCCCC1CC1=Nc2ccccc2C1.Cc1ccccc1NC(=O)CC1CCCCN1P.O=C(O)CC1CCCCN1P.PN1CCCCC1CC1=Nc2ccccc2C1.PN1CCCCC1CC1=Nc2ccccc2C1. The summed E-state index contributed by atoms with van der Waals surface area (Å²) in [7, 11) is 11.1. The van der Waals surface area contributed by atoms with Gasteiger partial charge in [0.05, 0.1) is 23.5 Å². The third-order valence-corrected chi connectivity index (χ3v) is 20.1. The van der Waals surface area contributed by atoms with E-state index in [1.807, 2.05) is 42.2 Å². The molecule has 17 heteroatoms. The highest BCUT2D eigenvalue weighted by atomic mass is 31.0. The number of likely N-dealkylation sites (tertiary alicyclic amines) is 1. The van der Waals surface area contributed by atoms with Crippen molar-refractivity contribution in [1.29, 1.82) is 0 Å². The number of amides is 2. The van der Waals surface area contributed by atoms with E-state index in [0.717, 1.165) is 101 Å². The van der Waals surface area contributed by atoms with E-state index < -0.39 is 5.97 Å².